The zero-order valence-electron chi connectivity index (χ0n) is 22.0. The Balaban J connectivity index is 1.29. The molecule has 0 amide bonds. The number of anilines is 2. The number of halogens is 1. The Morgan fingerprint density at radius 3 is 2.68 bits per heavy atom. The third-order valence-electron chi connectivity index (χ3n) is 7.18. The van der Waals surface area contributed by atoms with Crippen LogP contribution in [0.5, 0.6) is 0 Å². The average molecular weight is 710 g/mol. The van der Waals surface area contributed by atoms with Crippen LogP contribution in [0.15, 0.2) is 23.8 Å². The van der Waals surface area contributed by atoms with Gasteiger partial charge in [-0.25, -0.2) is 24.3 Å². The van der Waals surface area contributed by atoms with E-state index in [1.807, 2.05) is 0 Å². The summed E-state index contributed by atoms with van der Waals surface area (Å²) >= 11 is 10.3. The van der Waals surface area contributed by atoms with Gasteiger partial charge in [0.15, 0.2) is 47.6 Å². The molecule has 2 saturated heterocycles. The van der Waals surface area contributed by atoms with E-state index in [1.54, 1.807) is 0 Å². The van der Waals surface area contributed by atoms with Crippen molar-refractivity contribution in [2.75, 3.05) is 24.7 Å². The lowest BCUT2D eigenvalue weighted by Crippen LogP contribution is -2.36. The van der Waals surface area contributed by atoms with Crippen LogP contribution in [0.1, 0.15) is 11.6 Å². The molecule has 4 aromatic heterocycles. The first-order valence-electron chi connectivity index (χ1n) is 12.6. The van der Waals surface area contributed by atoms with E-state index in [9.17, 15) is 24.5 Å². The number of aromatic nitrogens is 8. The summed E-state index contributed by atoms with van der Waals surface area (Å²) in [5.41, 5.74) is 10.1. The molecule has 0 bridgehead atoms. The fourth-order valence-electron chi connectivity index (χ4n) is 5.20. The highest BCUT2D eigenvalue weighted by Gasteiger charge is 2.55. The van der Waals surface area contributed by atoms with Crippen LogP contribution < -0.4 is 17.0 Å². The number of aliphatic hydroxyl groups excluding tert-OH is 2. The lowest BCUT2D eigenvalue weighted by molar-refractivity contribution is -0.0387. The van der Waals surface area contributed by atoms with Gasteiger partial charge in [-0.2, -0.15) is 4.98 Å². The third kappa shape index (κ3) is 5.51. The number of nitrogens with zero attached hydrogens (tertiary/aromatic N) is 7. The number of nitrogens with one attached hydrogen (secondary N) is 1. The summed E-state index contributed by atoms with van der Waals surface area (Å²) in [6.07, 6.45) is -3.79. The molecule has 6 heterocycles. The quantitative estimate of drug-likeness (QED) is 0.0889. The molecule has 4 aromatic rings. The Morgan fingerprint density at radius 2 is 1.95 bits per heavy atom. The van der Waals surface area contributed by atoms with Gasteiger partial charge in [0, 0.05) is 0 Å². The number of ether oxygens (including phenoxy) is 1. The maximum absolute atomic E-state index is 15.8. The topological polar surface area (TPSA) is 265 Å². The van der Waals surface area contributed by atoms with E-state index in [4.69, 9.17) is 37.1 Å². The Hall–Kier alpha value is -2.36. The number of thioether (sulfide) groups is 1. The van der Waals surface area contributed by atoms with E-state index >= 15 is 4.39 Å². The second-order valence-electron chi connectivity index (χ2n) is 9.76. The largest absolute Gasteiger partial charge is 0.582 e. The predicted octanol–water partition coefficient (Wildman–Crippen LogP) is -0.0140. The molecule has 10 unspecified atom stereocenters. The zero-order valence-corrected chi connectivity index (χ0v) is 26.3. The first-order valence-corrected chi connectivity index (χ1v) is 18.6. The number of rotatable bonds is 9. The van der Waals surface area contributed by atoms with E-state index < -0.39 is 79.5 Å². The van der Waals surface area contributed by atoms with Crippen molar-refractivity contribution in [1.82, 2.24) is 39.0 Å². The molecule has 236 valence electrons. The van der Waals surface area contributed by atoms with Gasteiger partial charge in [0.25, 0.3) is 5.56 Å². The van der Waals surface area contributed by atoms with Crippen molar-refractivity contribution >= 4 is 83.6 Å². The average Bonchev–Trinajstić information content (AvgIpc) is 3.72. The minimum atomic E-state index is -4.05. The van der Waals surface area contributed by atoms with Crippen molar-refractivity contribution in [1.29, 1.82) is 0 Å². The minimum Gasteiger partial charge on any atom is -0.395 e. The van der Waals surface area contributed by atoms with E-state index in [1.165, 1.54) is 28.1 Å². The van der Waals surface area contributed by atoms with Crippen LogP contribution in [0, 0.1) is 0 Å². The van der Waals surface area contributed by atoms with Crippen LogP contribution in [-0.2, 0) is 30.2 Å². The molecular weight excluding hydrogens is 685 g/mol. The van der Waals surface area contributed by atoms with Crippen LogP contribution in [0.3, 0.4) is 0 Å². The first kappa shape index (κ1) is 31.6. The molecule has 2 aliphatic rings. The minimum absolute atomic E-state index is 0.0491. The summed E-state index contributed by atoms with van der Waals surface area (Å²) < 4.78 is 47.3. The molecule has 24 heteroatoms. The van der Waals surface area contributed by atoms with Gasteiger partial charge in [-0.3, -0.25) is 14.3 Å². The molecule has 2 fully saturated rings. The molecule has 8 N–H and O–H groups in total. The van der Waals surface area contributed by atoms with Gasteiger partial charge >= 0.3 is 7.23 Å². The number of fused-ring (bicyclic) bond motifs is 2. The predicted molar refractivity (Wildman–Crippen MR) is 162 cm³/mol. The normalized spacial score (nSPS) is 30.7. The Kier molecular flexibility index (Phi) is 8.70. The van der Waals surface area contributed by atoms with Crippen LogP contribution in [-0.4, -0.2) is 103 Å². The summed E-state index contributed by atoms with van der Waals surface area (Å²) in [4.78, 5) is 46.5. The van der Waals surface area contributed by atoms with Crippen molar-refractivity contribution < 1.29 is 37.8 Å². The smallest absolute Gasteiger partial charge is 0.395 e. The van der Waals surface area contributed by atoms with Gasteiger partial charge in [0.1, 0.15) is 30.2 Å². The summed E-state index contributed by atoms with van der Waals surface area (Å²) in [7, 11) is -2.61. The molecule has 0 radical (unpaired) electrons. The second-order valence-corrected chi connectivity index (χ2v) is 16.3. The lowest BCUT2D eigenvalue weighted by Gasteiger charge is -2.30. The molecule has 0 spiro atoms. The number of nitrogens with two attached hydrogens (primary N) is 2. The number of aromatic amines is 1. The van der Waals surface area contributed by atoms with Gasteiger partial charge in [-0.1, -0.05) is 0 Å². The van der Waals surface area contributed by atoms with Crippen LogP contribution in [0.4, 0.5) is 16.2 Å². The molecule has 18 nitrogen and oxygen atoms in total. The van der Waals surface area contributed by atoms with Gasteiger partial charge in [0.2, 0.25) is 5.95 Å². The number of aliphatic hydroxyl groups is 2. The first-order chi connectivity index (χ1) is 20.9. The fourth-order valence-corrected chi connectivity index (χ4v) is 10.9. The Labute approximate surface area is 260 Å². The Morgan fingerprint density at radius 1 is 1.23 bits per heavy atom. The molecule has 2 aliphatic heterocycles. The fraction of sp³-hybridized carbons (Fsp3) is 0.500. The van der Waals surface area contributed by atoms with Gasteiger partial charge in [0.05, 0.1) is 48.3 Å². The van der Waals surface area contributed by atoms with E-state index in [2.05, 4.69) is 42.2 Å². The molecule has 10 atom stereocenters. The lowest BCUT2D eigenvalue weighted by atomic mass is 10.1. The number of hydrogen-bond acceptors (Lipinski definition) is 16. The molecular formula is C20H24FN10O8P2S3+. The Bertz CT molecular complexity index is 1850. The SMILES string of the molecule is Nc1nc2c(ncn2C2SC(CO)C(O)C2P(O)(=S)OCC2OC(n3cnc4c(N)ncnc43)C(F)C2O[P+](=O)S)c(=O)[nH]1. The number of thiol groups is 1. The van der Waals surface area contributed by atoms with Crippen molar-refractivity contribution in [2.24, 2.45) is 0 Å². The molecule has 0 aromatic carbocycles. The summed E-state index contributed by atoms with van der Waals surface area (Å²) in [5, 5.41) is 19.3. The molecule has 44 heavy (non-hydrogen) atoms. The summed E-state index contributed by atoms with van der Waals surface area (Å²) in [6.45, 7) is -5.09. The monoisotopic (exact) mass is 709 g/mol. The number of nitrogen functional groups attached to an aromatic ring is 2. The maximum Gasteiger partial charge on any atom is 0.582 e. The van der Waals surface area contributed by atoms with Crippen molar-refractivity contribution in [2.45, 2.75) is 47.0 Å². The summed E-state index contributed by atoms with van der Waals surface area (Å²) in [6, 6.07) is 0. The van der Waals surface area contributed by atoms with E-state index in [0.717, 1.165) is 11.8 Å². The van der Waals surface area contributed by atoms with Crippen LogP contribution >= 0.6 is 37.7 Å². The highest BCUT2D eigenvalue weighted by Crippen LogP contribution is 2.62. The number of alkyl halides is 1. The third-order valence-corrected chi connectivity index (χ3v) is 12.6. The molecule has 6 rings (SSSR count). The van der Waals surface area contributed by atoms with Crippen molar-refractivity contribution in [3.63, 3.8) is 0 Å². The summed E-state index contributed by atoms with van der Waals surface area (Å²) in [5.74, 6) is -0.129. The van der Waals surface area contributed by atoms with E-state index in [0.29, 0.717) is 0 Å². The van der Waals surface area contributed by atoms with E-state index in [-0.39, 0.29) is 34.1 Å². The van der Waals surface area contributed by atoms with Crippen LogP contribution in [0.25, 0.3) is 22.3 Å². The molecule has 0 aliphatic carbocycles. The van der Waals surface area contributed by atoms with Gasteiger partial charge in [-0.15, -0.1) is 16.3 Å². The number of H-pyrrole nitrogens is 1. The van der Waals surface area contributed by atoms with Crippen LogP contribution in [0.2, 0.25) is 0 Å². The standard InChI is InChI=1S/C20H23FN10O8P2S3/c21-8-12(39-40(35)42)6(38-18(8)30-4-26-9-14(22)24-3-25-15(9)30)2-37-41(36,43)13-11(33)7(1-32)44-19(13)31-5-27-10-16(31)28-20(23)29-17(10)34/h3-8,11-13,18-19,32-33H,1-2H2,(H6-,22,23,24,25,28,29,34,35,36,42,43)/p+1. The molecule has 0 saturated carbocycles. The van der Waals surface area contributed by atoms with Gasteiger partial charge in [-0.05, 0) is 16.4 Å². The van der Waals surface area contributed by atoms with Gasteiger partial charge < -0.3 is 40.4 Å². The highest BCUT2D eigenvalue weighted by atomic mass is 32.7. The highest BCUT2D eigenvalue weighted by molar-refractivity contribution is 8.39. The second kappa shape index (κ2) is 12.1. The maximum atomic E-state index is 15.8. The number of imidazole rings is 2. The number of hydrogen-bond donors (Lipinski definition) is 7. The van der Waals surface area contributed by atoms with Crippen molar-refractivity contribution in [3.05, 3.63) is 29.3 Å². The zero-order chi connectivity index (χ0) is 31.5. The van der Waals surface area contributed by atoms with Crippen molar-refractivity contribution in [3.8, 4) is 0 Å².